The van der Waals surface area contributed by atoms with Gasteiger partial charge in [-0.05, 0) is 22.0 Å². The van der Waals surface area contributed by atoms with E-state index in [4.69, 9.17) is 14.2 Å². The highest BCUT2D eigenvalue weighted by Crippen LogP contribution is 2.15. The van der Waals surface area contributed by atoms with Crippen LogP contribution in [0.25, 0.3) is 0 Å². The summed E-state index contributed by atoms with van der Waals surface area (Å²) in [5.41, 5.74) is 0. The number of halogens is 1. The molecule has 1 heterocycles. The summed E-state index contributed by atoms with van der Waals surface area (Å²) in [6.45, 7) is 2.58. The molecule has 1 rings (SSSR count). The number of methoxy groups -OCH3 is 1. The van der Waals surface area contributed by atoms with Crippen LogP contribution in [0, 0.1) is 0 Å². The molecule has 0 amide bonds. The van der Waals surface area contributed by atoms with E-state index >= 15 is 0 Å². The van der Waals surface area contributed by atoms with Gasteiger partial charge in [-0.15, -0.1) is 0 Å². The van der Waals surface area contributed by atoms with Crippen molar-refractivity contribution in [3.05, 3.63) is 22.9 Å². The highest BCUT2D eigenvalue weighted by Gasteiger charge is 1.95. The molecule has 4 nitrogen and oxygen atoms in total. The Hall–Kier alpha value is -0.650. The summed E-state index contributed by atoms with van der Waals surface area (Å²) in [5.74, 6) is 0.770. The Labute approximate surface area is 104 Å². The van der Waals surface area contributed by atoms with Crippen LogP contribution in [0.1, 0.15) is 6.42 Å². The van der Waals surface area contributed by atoms with Gasteiger partial charge < -0.3 is 14.2 Å². The van der Waals surface area contributed by atoms with Gasteiger partial charge in [0.1, 0.15) is 5.75 Å². The number of hydrogen-bond acceptors (Lipinski definition) is 4. The molecular weight excluding hydrogens is 274 g/mol. The Morgan fingerprint density at radius 2 is 2.06 bits per heavy atom. The van der Waals surface area contributed by atoms with E-state index in [1.165, 1.54) is 0 Å². The van der Waals surface area contributed by atoms with Gasteiger partial charge >= 0.3 is 0 Å². The van der Waals surface area contributed by atoms with E-state index in [0.717, 1.165) is 16.6 Å². The zero-order chi connectivity index (χ0) is 11.6. The van der Waals surface area contributed by atoms with Crippen LogP contribution in [0.4, 0.5) is 0 Å². The first-order valence-electron chi connectivity index (χ1n) is 5.13. The standard InChI is InChI=1S/C11H16BrNO3/c1-14-5-6-15-3-2-4-16-11-7-10(12)8-13-9-11/h7-9H,2-6H2,1H3. The van der Waals surface area contributed by atoms with Crippen molar-refractivity contribution in [1.29, 1.82) is 0 Å². The number of aromatic nitrogens is 1. The second kappa shape index (κ2) is 8.50. The van der Waals surface area contributed by atoms with Gasteiger partial charge in [-0.3, -0.25) is 4.98 Å². The van der Waals surface area contributed by atoms with E-state index in [0.29, 0.717) is 26.4 Å². The lowest BCUT2D eigenvalue weighted by Crippen LogP contribution is -2.06. The first kappa shape index (κ1) is 13.4. The molecule has 0 atom stereocenters. The number of hydrogen-bond donors (Lipinski definition) is 0. The minimum atomic E-state index is 0.630. The van der Waals surface area contributed by atoms with Crippen molar-refractivity contribution in [3.63, 3.8) is 0 Å². The van der Waals surface area contributed by atoms with E-state index in [-0.39, 0.29) is 0 Å². The predicted octanol–water partition coefficient (Wildman–Crippen LogP) is 2.28. The lowest BCUT2D eigenvalue weighted by molar-refractivity contribution is 0.0644. The molecule has 0 saturated heterocycles. The van der Waals surface area contributed by atoms with Crippen LogP contribution in [-0.4, -0.2) is 38.5 Å². The quantitative estimate of drug-likeness (QED) is 0.689. The van der Waals surface area contributed by atoms with E-state index in [1.807, 2.05) is 6.07 Å². The summed E-state index contributed by atoms with van der Waals surface area (Å²) in [7, 11) is 1.66. The van der Waals surface area contributed by atoms with Crippen LogP contribution in [0.15, 0.2) is 22.9 Å². The maximum atomic E-state index is 5.49. The van der Waals surface area contributed by atoms with Crippen molar-refractivity contribution < 1.29 is 14.2 Å². The molecule has 0 unspecified atom stereocenters. The molecule has 0 aliphatic carbocycles. The number of pyridine rings is 1. The van der Waals surface area contributed by atoms with E-state index in [9.17, 15) is 0 Å². The van der Waals surface area contributed by atoms with Gasteiger partial charge in [0.25, 0.3) is 0 Å². The molecule has 0 spiro atoms. The minimum absolute atomic E-state index is 0.630. The molecule has 0 aromatic carbocycles. The average molecular weight is 290 g/mol. The van der Waals surface area contributed by atoms with Crippen molar-refractivity contribution in [3.8, 4) is 5.75 Å². The van der Waals surface area contributed by atoms with Crippen molar-refractivity contribution in [2.75, 3.05) is 33.5 Å². The fourth-order valence-electron chi connectivity index (χ4n) is 1.07. The van der Waals surface area contributed by atoms with Gasteiger partial charge in [-0.1, -0.05) is 0 Å². The highest BCUT2D eigenvalue weighted by atomic mass is 79.9. The Kier molecular flexibility index (Phi) is 7.12. The molecule has 90 valence electrons. The van der Waals surface area contributed by atoms with Crippen molar-refractivity contribution in [2.24, 2.45) is 0 Å². The van der Waals surface area contributed by atoms with Crippen LogP contribution >= 0.6 is 15.9 Å². The predicted molar refractivity (Wildman–Crippen MR) is 64.7 cm³/mol. The molecule has 0 N–H and O–H groups in total. The molecule has 0 aliphatic rings. The van der Waals surface area contributed by atoms with Gasteiger partial charge in [-0.2, -0.15) is 0 Å². The summed E-state index contributed by atoms with van der Waals surface area (Å²) in [4.78, 5) is 4.00. The van der Waals surface area contributed by atoms with Crippen LogP contribution < -0.4 is 4.74 Å². The molecule has 1 aromatic heterocycles. The summed E-state index contributed by atoms with van der Waals surface area (Å²) < 4.78 is 16.6. The van der Waals surface area contributed by atoms with Crippen LogP contribution in [-0.2, 0) is 9.47 Å². The summed E-state index contributed by atoms with van der Waals surface area (Å²) in [6, 6.07) is 1.89. The Balaban J connectivity index is 2.03. The van der Waals surface area contributed by atoms with E-state index in [2.05, 4.69) is 20.9 Å². The fourth-order valence-corrected chi connectivity index (χ4v) is 1.41. The van der Waals surface area contributed by atoms with Gasteiger partial charge in [0.2, 0.25) is 0 Å². The monoisotopic (exact) mass is 289 g/mol. The number of rotatable bonds is 8. The Morgan fingerprint density at radius 1 is 1.19 bits per heavy atom. The van der Waals surface area contributed by atoms with Gasteiger partial charge in [0.15, 0.2) is 0 Å². The maximum absolute atomic E-state index is 5.49. The molecule has 0 bridgehead atoms. The maximum Gasteiger partial charge on any atom is 0.138 e. The van der Waals surface area contributed by atoms with Gasteiger partial charge in [0.05, 0.1) is 26.0 Å². The molecule has 0 saturated carbocycles. The third kappa shape index (κ3) is 6.05. The third-order valence-electron chi connectivity index (χ3n) is 1.81. The largest absolute Gasteiger partial charge is 0.492 e. The molecule has 16 heavy (non-hydrogen) atoms. The topological polar surface area (TPSA) is 40.6 Å². The van der Waals surface area contributed by atoms with Crippen LogP contribution in [0.2, 0.25) is 0 Å². The SMILES string of the molecule is COCCOCCCOc1cncc(Br)c1. The molecule has 0 fully saturated rings. The van der Waals surface area contributed by atoms with E-state index in [1.54, 1.807) is 19.5 Å². The summed E-state index contributed by atoms with van der Waals surface area (Å²) in [5, 5.41) is 0. The second-order valence-electron chi connectivity index (χ2n) is 3.15. The van der Waals surface area contributed by atoms with Gasteiger partial charge in [0, 0.05) is 30.8 Å². The third-order valence-corrected chi connectivity index (χ3v) is 2.25. The first-order valence-corrected chi connectivity index (χ1v) is 5.92. The smallest absolute Gasteiger partial charge is 0.138 e. The molecular formula is C11H16BrNO3. The zero-order valence-corrected chi connectivity index (χ0v) is 10.9. The average Bonchev–Trinajstić information content (AvgIpc) is 2.28. The molecule has 0 radical (unpaired) electrons. The van der Waals surface area contributed by atoms with Crippen LogP contribution in [0.5, 0.6) is 5.75 Å². The molecule has 0 aliphatic heterocycles. The molecule has 5 heteroatoms. The van der Waals surface area contributed by atoms with E-state index < -0.39 is 0 Å². The first-order chi connectivity index (χ1) is 7.83. The summed E-state index contributed by atoms with van der Waals surface area (Å²) >= 11 is 3.33. The summed E-state index contributed by atoms with van der Waals surface area (Å²) in [6.07, 6.45) is 4.27. The zero-order valence-electron chi connectivity index (χ0n) is 9.32. The van der Waals surface area contributed by atoms with Crippen molar-refractivity contribution in [1.82, 2.24) is 4.98 Å². The lowest BCUT2D eigenvalue weighted by atomic mass is 10.4. The second-order valence-corrected chi connectivity index (χ2v) is 4.06. The normalized spacial score (nSPS) is 10.4. The highest BCUT2D eigenvalue weighted by molar-refractivity contribution is 9.10. The minimum Gasteiger partial charge on any atom is -0.492 e. The van der Waals surface area contributed by atoms with Gasteiger partial charge in [-0.25, -0.2) is 0 Å². The van der Waals surface area contributed by atoms with Crippen molar-refractivity contribution in [2.45, 2.75) is 6.42 Å². The van der Waals surface area contributed by atoms with Crippen LogP contribution in [0.3, 0.4) is 0 Å². The fraction of sp³-hybridized carbons (Fsp3) is 0.545. The number of nitrogens with zero attached hydrogens (tertiary/aromatic N) is 1. The van der Waals surface area contributed by atoms with Crippen molar-refractivity contribution >= 4 is 15.9 Å². The lowest BCUT2D eigenvalue weighted by Gasteiger charge is -2.06. The Bertz CT molecular complexity index is 296. The molecule has 1 aromatic rings. The number of ether oxygens (including phenoxy) is 3. The Morgan fingerprint density at radius 3 is 2.81 bits per heavy atom.